The number of alkyl carbamates (subject to hydrolysis) is 1. The van der Waals surface area contributed by atoms with E-state index in [1.807, 2.05) is 48.5 Å². The predicted molar refractivity (Wildman–Crippen MR) is 312 cm³/mol. The summed E-state index contributed by atoms with van der Waals surface area (Å²) in [6.45, 7) is 7.33. The molecular weight excluding hydrogens is 968 g/mol. The number of nitrogens with one attached hydrogen (secondary N) is 5. The quantitative estimate of drug-likeness (QED) is 0.0244. The molecule has 2 atom stereocenters. The Labute approximate surface area is 467 Å². The molecule has 2 radical (unpaired) electrons. The third kappa shape index (κ3) is 40.0. The van der Waals surface area contributed by atoms with Crippen LogP contribution in [0.5, 0.6) is 0 Å². The van der Waals surface area contributed by atoms with E-state index in [1.165, 1.54) is 167 Å². The van der Waals surface area contributed by atoms with Crippen LogP contribution < -0.4 is 26.6 Å². The molecule has 15 heteroatoms. The zero-order valence-electron chi connectivity index (χ0n) is 48.0. The number of nitrogens with zero attached hydrogens (tertiary/aromatic N) is 1. The molecule has 2 unspecified atom stereocenters. The van der Waals surface area contributed by atoms with E-state index in [4.69, 9.17) is 17.3 Å². The van der Waals surface area contributed by atoms with Crippen molar-refractivity contribution in [3.05, 3.63) is 71.8 Å². The highest BCUT2D eigenvalue weighted by atomic mass is 16.5. The summed E-state index contributed by atoms with van der Waals surface area (Å²) in [4.78, 5) is 80.3. The molecule has 0 heterocycles. The van der Waals surface area contributed by atoms with Crippen LogP contribution in [0.15, 0.2) is 60.7 Å². The lowest BCUT2D eigenvalue weighted by atomic mass is 10.0. The lowest BCUT2D eigenvalue weighted by Crippen LogP contribution is -2.55. The molecule has 0 spiro atoms. The maximum atomic E-state index is 14.1. The lowest BCUT2D eigenvalue weighted by Gasteiger charge is -2.25. The first-order valence-corrected chi connectivity index (χ1v) is 30.4. The number of amides is 5. The van der Waals surface area contributed by atoms with Gasteiger partial charge in [-0.2, -0.15) is 0 Å². The van der Waals surface area contributed by atoms with Crippen LogP contribution in [-0.2, 0) is 41.9 Å². The van der Waals surface area contributed by atoms with Gasteiger partial charge in [0.05, 0.1) is 13.0 Å². The van der Waals surface area contributed by atoms with Gasteiger partial charge in [0.1, 0.15) is 25.3 Å². The molecule has 0 fully saturated rings. The molecule has 0 aliphatic heterocycles. The van der Waals surface area contributed by atoms with Gasteiger partial charge in [-0.1, -0.05) is 241 Å². The molecule has 2 aromatic carbocycles. The molecule has 0 aliphatic rings. The number of hydrogen-bond donors (Lipinski definition) is 5. The summed E-state index contributed by atoms with van der Waals surface area (Å²) in [7, 11) is 5.17. The van der Waals surface area contributed by atoms with Crippen LogP contribution in [0.3, 0.4) is 0 Å². The number of ether oxygens (including phenoxy) is 2. The molecule has 0 saturated carbocycles. The van der Waals surface area contributed by atoms with Crippen molar-refractivity contribution < 1.29 is 38.2 Å². The number of hydrogen-bond acceptors (Lipinski definition) is 9. The highest BCUT2D eigenvalue weighted by Gasteiger charge is 2.29. The van der Waals surface area contributed by atoms with Crippen molar-refractivity contribution in [2.75, 3.05) is 39.3 Å². The maximum Gasteiger partial charge on any atom is 0.407 e. The number of unbranched alkanes of at least 4 members (excludes halogenated alkanes) is 27. The van der Waals surface area contributed by atoms with Crippen molar-refractivity contribution in [1.29, 1.82) is 0 Å². The molecule has 432 valence electrons. The Morgan fingerprint density at radius 1 is 0.455 bits per heavy atom. The van der Waals surface area contributed by atoms with Crippen molar-refractivity contribution in [2.24, 2.45) is 0 Å². The van der Waals surface area contributed by atoms with Crippen molar-refractivity contribution in [2.45, 2.75) is 245 Å². The summed E-state index contributed by atoms with van der Waals surface area (Å²) >= 11 is 0. The van der Waals surface area contributed by atoms with Crippen LogP contribution in [-0.4, -0.2) is 99.7 Å². The van der Waals surface area contributed by atoms with Gasteiger partial charge in [-0.25, -0.2) is 4.79 Å². The normalized spacial score (nSPS) is 11.9. The van der Waals surface area contributed by atoms with Crippen LogP contribution in [0.2, 0.25) is 0 Å². The fourth-order valence-corrected chi connectivity index (χ4v) is 9.42. The minimum absolute atomic E-state index is 0.0418. The van der Waals surface area contributed by atoms with Crippen LogP contribution in [0, 0.1) is 0 Å². The summed E-state index contributed by atoms with van der Waals surface area (Å²) in [5, 5.41) is 13.3. The number of rotatable bonds is 50. The minimum Gasteiger partial charge on any atom is -0.461 e. The molecule has 77 heavy (non-hydrogen) atoms. The molecule has 14 nitrogen and oxygen atoms in total. The van der Waals surface area contributed by atoms with E-state index < -0.39 is 60.6 Å². The van der Waals surface area contributed by atoms with Crippen molar-refractivity contribution in [3.63, 3.8) is 0 Å². The van der Waals surface area contributed by atoms with Crippen LogP contribution in [0.25, 0.3) is 0 Å². The molecular formula is C62H103BN6O8. The van der Waals surface area contributed by atoms with Crippen molar-refractivity contribution in [3.8, 4) is 0 Å². The second kappa shape index (κ2) is 48.2. The zero-order valence-corrected chi connectivity index (χ0v) is 48.0. The van der Waals surface area contributed by atoms with Gasteiger partial charge in [-0.3, -0.25) is 24.0 Å². The number of carbonyl (C=O) groups excluding carboxylic acids is 6. The second-order valence-corrected chi connectivity index (χ2v) is 21.1. The first-order chi connectivity index (χ1) is 37.6. The third-order valence-electron chi connectivity index (χ3n) is 14.1. The van der Waals surface area contributed by atoms with Gasteiger partial charge in [-0.15, -0.1) is 0 Å². The maximum absolute atomic E-state index is 14.1. The molecule has 5 N–H and O–H groups in total. The average molecular weight is 1070 g/mol. The van der Waals surface area contributed by atoms with Gasteiger partial charge in [0.25, 0.3) is 0 Å². The van der Waals surface area contributed by atoms with Gasteiger partial charge in [0.15, 0.2) is 5.81 Å². The first kappa shape index (κ1) is 68.2. The Bertz CT molecular complexity index is 1780. The largest absolute Gasteiger partial charge is 0.461 e. The van der Waals surface area contributed by atoms with E-state index in [0.717, 1.165) is 37.1 Å². The first-order valence-electron chi connectivity index (χ1n) is 30.4. The van der Waals surface area contributed by atoms with E-state index in [1.54, 1.807) is 12.1 Å². The Morgan fingerprint density at radius 3 is 1.35 bits per heavy atom. The number of carbonyl (C=O) groups is 6. The molecule has 2 rings (SSSR count). The fraction of sp³-hybridized carbons (Fsp3) is 0.710. The highest BCUT2D eigenvalue weighted by Crippen LogP contribution is 2.16. The smallest absolute Gasteiger partial charge is 0.407 e. The summed E-state index contributed by atoms with van der Waals surface area (Å²) in [5.74, 6) is -3.61. The SMILES string of the molecule is [B]C(=O)NCC(=O)NC(CC(=O)OCc1ccccc1)C(=O)NC(CCCCNC(=O)OCc1ccccc1)C(=O)NCCN(CCCCCCCCCCCCCCCC)CCCCCCCCCCCCCCCC. The summed E-state index contributed by atoms with van der Waals surface area (Å²) in [6, 6.07) is 16.0. The molecule has 0 aliphatic carbocycles. The van der Waals surface area contributed by atoms with Crippen molar-refractivity contribution >= 4 is 43.4 Å². The predicted octanol–water partition coefficient (Wildman–Crippen LogP) is 12.4. The van der Waals surface area contributed by atoms with Gasteiger partial charge in [0.2, 0.25) is 25.6 Å². The molecule has 0 saturated heterocycles. The van der Waals surface area contributed by atoms with Gasteiger partial charge in [0, 0.05) is 19.6 Å². The monoisotopic (exact) mass is 1070 g/mol. The van der Waals surface area contributed by atoms with E-state index >= 15 is 0 Å². The lowest BCUT2D eigenvalue weighted by molar-refractivity contribution is -0.147. The van der Waals surface area contributed by atoms with Gasteiger partial charge >= 0.3 is 12.1 Å². The molecule has 0 bridgehead atoms. The van der Waals surface area contributed by atoms with Gasteiger partial charge in [-0.05, 0) is 56.3 Å². The Kier molecular flexibility index (Phi) is 42.7. The van der Waals surface area contributed by atoms with Crippen LogP contribution >= 0.6 is 0 Å². The van der Waals surface area contributed by atoms with Crippen molar-refractivity contribution in [1.82, 2.24) is 31.5 Å². The third-order valence-corrected chi connectivity index (χ3v) is 14.1. The van der Waals surface area contributed by atoms with Crippen LogP contribution in [0.1, 0.15) is 230 Å². The standard InChI is InChI=1S/C62H103BN6O8/c1-3-5-7-9-11-13-15-17-19-21-23-25-27-37-46-69(47-38-28-26-24-22-20-18-16-14-12-10-8-6-4-2)48-45-64-59(72)55(43-35-36-44-65-62(75)77-52-54-41-33-30-34-42-54)68-60(73)56(67-57(70)50-66-61(63)74)49-58(71)76-51-53-39-31-29-32-40-53/h29-34,39-42,55-56H,3-28,35-38,43-52H2,1-2H3,(H,64,72)(H,65,75)(H,66,74)(H,67,70)(H,68,73). The number of esters is 1. The number of benzene rings is 2. The van der Waals surface area contributed by atoms with Crippen LogP contribution in [0.4, 0.5) is 9.59 Å². The Hall–Kier alpha value is -4.92. The molecule has 2 aromatic rings. The fourth-order valence-electron chi connectivity index (χ4n) is 9.42. The highest BCUT2D eigenvalue weighted by molar-refractivity contribution is 6.57. The zero-order chi connectivity index (χ0) is 55.7. The van der Waals surface area contributed by atoms with Gasteiger partial charge < -0.3 is 41.0 Å². The second-order valence-electron chi connectivity index (χ2n) is 21.1. The minimum atomic E-state index is -1.43. The van der Waals surface area contributed by atoms with E-state index in [2.05, 4.69) is 45.3 Å². The van der Waals surface area contributed by atoms with E-state index in [9.17, 15) is 28.8 Å². The summed E-state index contributed by atoms with van der Waals surface area (Å²) < 4.78 is 10.8. The Morgan fingerprint density at radius 2 is 0.896 bits per heavy atom. The van der Waals surface area contributed by atoms with E-state index in [-0.39, 0.29) is 26.2 Å². The molecule has 0 aromatic heterocycles. The summed E-state index contributed by atoms with van der Waals surface area (Å²) in [6.07, 6.45) is 36.6. The topological polar surface area (TPSA) is 184 Å². The average Bonchev–Trinajstić information content (AvgIpc) is 3.43. The summed E-state index contributed by atoms with van der Waals surface area (Å²) in [5.41, 5.74) is 1.60. The molecule has 5 amide bonds. The Balaban J connectivity index is 2.04. The van der Waals surface area contributed by atoms with E-state index in [0.29, 0.717) is 25.9 Å².